The fraction of sp³-hybridized carbons (Fsp3) is 0.550. The van der Waals surface area contributed by atoms with E-state index in [2.05, 4.69) is 0 Å². The van der Waals surface area contributed by atoms with Gasteiger partial charge < -0.3 is 19.4 Å². The predicted octanol–water partition coefficient (Wildman–Crippen LogP) is 0.881. The van der Waals surface area contributed by atoms with Crippen LogP contribution in [0.25, 0.3) is 0 Å². The Kier molecular flexibility index (Phi) is 6.61. The summed E-state index contributed by atoms with van der Waals surface area (Å²) >= 11 is 0. The number of carbonyl (C=O) groups is 3. The highest BCUT2D eigenvalue weighted by molar-refractivity contribution is 5.88. The molecule has 28 heavy (non-hydrogen) atoms. The first-order valence-corrected chi connectivity index (χ1v) is 9.55. The fourth-order valence-electron chi connectivity index (χ4n) is 3.71. The number of hydrogen-bond donors (Lipinski definition) is 0. The summed E-state index contributed by atoms with van der Waals surface area (Å²) in [4.78, 5) is 42.3. The van der Waals surface area contributed by atoms with E-state index in [1.54, 1.807) is 33.9 Å². The second kappa shape index (κ2) is 9.14. The molecule has 2 aliphatic heterocycles. The maximum atomic E-state index is 13.3. The van der Waals surface area contributed by atoms with Gasteiger partial charge in [0.25, 0.3) is 0 Å². The quantitative estimate of drug-likeness (QED) is 0.722. The lowest BCUT2D eigenvalue weighted by atomic mass is 9.95. The number of amides is 3. The van der Waals surface area contributed by atoms with E-state index < -0.39 is 0 Å². The van der Waals surface area contributed by atoms with Gasteiger partial charge in [0.15, 0.2) is 0 Å². The first-order chi connectivity index (χ1) is 13.5. The molecule has 3 amide bonds. The largest absolute Gasteiger partial charge is 0.383 e. The maximum Gasteiger partial charge on any atom is 0.242 e. The van der Waals surface area contributed by atoms with Gasteiger partial charge in [0.05, 0.1) is 19.1 Å². The number of piperazine rings is 1. The Hall–Kier alpha value is -2.48. The number of benzene rings is 1. The second-order valence-electron chi connectivity index (χ2n) is 7.27. The molecule has 0 spiro atoms. The summed E-state index contributed by atoms with van der Waals surface area (Å²) in [7, 11) is 1.58. The SMILES string of the molecule is COCCN1C[C@H](C(=O)N2CCN(Cc3cccc(F)c3)C(=O)C2)CCC1=O. The minimum absolute atomic E-state index is 0.0245. The third-order valence-corrected chi connectivity index (χ3v) is 5.31. The van der Waals surface area contributed by atoms with Gasteiger partial charge in [-0.15, -0.1) is 0 Å². The van der Waals surface area contributed by atoms with E-state index in [9.17, 15) is 18.8 Å². The molecule has 2 aliphatic rings. The van der Waals surface area contributed by atoms with Crippen molar-refractivity contribution in [3.05, 3.63) is 35.6 Å². The Bertz CT molecular complexity index is 742. The molecule has 7 nitrogen and oxygen atoms in total. The van der Waals surface area contributed by atoms with Crippen molar-refractivity contribution in [1.82, 2.24) is 14.7 Å². The predicted molar refractivity (Wildman–Crippen MR) is 99.6 cm³/mol. The minimum atomic E-state index is -0.330. The number of likely N-dealkylation sites (tertiary alicyclic amines) is 1. The summed E-state index contributed by atoms with van der Waals surface area (Å²) < 4.78 is 18.4. The van der Waals surface area contributed by atoms with Crippen molar-refractivity contribution in [2.45, 2.75) is 19.4 Å². The van der Waals surface area contributed by atoms with Gasteiger partial charge >= 0.3 is 0 Å². The van der Waals surface area contributed by atoms with Crippen LogP contribution in [0.1, 0.15) is 18.4 Å². The molecular formula is C20H26FN3O4. The third-order valence-electron chi connectivity index (χ3n) is 5.31. The van der Waals surface area contributed by atoms with Crippen molar-refractivity contribution in [3.8, 4) is 0 Å². The van der Waals surface area contributed by atoms with Crippen molar-refractivity contribution < 1.29 is 23.5 Å². The fourth-order valence-corrected chi connectivity index (χ4v) is 3.71. The zero-order valence-corrected chi connectivity index (χ0v) is 16.1. The molecular weight excluding hydrogens is 365 g/mol. The van der Waals surface area contributed by atoms with Crippen LogP contribution in [-0.4, -0.2) is 78.9 Å². The van der Waals surface area contributed by atoms with Gasteiger partial charge in [0.1, 0.15) is 5.82 Å². The third kappa shape index (κ3) is 4.86. The zero-order chi connectivity index (χ0) is 20.1. The van der Waals surface area contributed by atoms with E-state index in [-0.39, 0.29) is 36.0 Å². The average Bonchev–Trinajstić information content (AvgIpc) is 2.68. The maximum absolute atomic E-state index is 13.3. The Labute approximate surface area is 164 Å². The topological polar surface area (TPSA) is 70.2 Å². The van der Waals surface area contributed by atoms with Crippen molar-refractivity contribution in [2.75, 3.05) is 46.4 Å². The number of rotatable bonds is 6. The van der Waals surface area contributed by atoms with E-state index in [1.807, 2.05) is 0 Å². The van der Waals surface area contributed by atoms with Gasteiger partial charge in [-0.1, -0.05) is 12.1 Å². The number of carbonyl (C=O) groups excluding carboxylic acids is 3. The van der Waals surface area contributed by atoms with Crippen LogP contribution in [0.5, 0.6) is 0 Å². The number of piperidine rings is 1. The lowest BCUT2D eigenvalue weighted by Crippen LogP contribution is -2.55. The summed E-state index contributed by atoms with van der Waals surface area (Å²) in [6, 6.07) is 6.18. The molecule has 2 heterocycles. The van der Waals surface area contributed by atoms with Crippen LogP contribution in [0.15, 0.2) is 24.3 Å². The van der Waals surface area contributed by atoms with Crippen LogP contribution in [0.3, 0.4) is 0 Å². The highest BCUT2D eigenvalue weighted by Gasteiger charge is 2.35. The molecule has 152 valence electrons. The van der Waals surface area contributed by atoms with Crippen molar-refractivity contribution >= 4 is 17.7 Å². The first kappa shape index (κ1) is 20.3. The van der Waals surface area contributed by atoms with Gasteiger partial charge in [-0.3, -0.25) is 14.4 Å². The standard InChI is InChI=1S/C20H26FN3O4/c1-28-10-9-23-13-16(5-6-18(23)25)20(27)24-8-7-22(19(26)14-24)12-15-3-2-4-17(21)11-15/h2-4,11,16H,5-10,12-14H2,1H3/t16-/m1/s1. The second-order valence-corrected chi connectivity index (χ2v) is 7.27. The molecule has 0 radical (unpaired) electrons. The average molecular weight is 391 g/mol. The smallest absolute Gasteiger partial charge is 0.242 e. The Morgan fingerprint density at radius 2 is 2.04 bits per heavy atom. The summed E-state index contributed by atoms with van der Waals surface area (Å²) in [5.74, 6) is -0.793. The molecule has 1 aromatic carbocycles. The van der Waals surface area contributed by atoms with Gasteiger partial charge in [-0.2, -0.15) is 0 Å². The van der Waals surface area contributed by atoms with Crippen LogP contribution < -0.4 is 0 Å². The molecule has 0 aromatic heterocycles. The zero-order valence-electron chi connectivity index (χ0n) is 16.1. The van der Waals surface area contributed by atoms with Gasteiger partial charge in [-0.25, -0.2) is 4.39 Å². The monoisotopic (exact) mass is 391 g/mol. The summed E-state index contributed by atoms with van der Waals surface area (Å²) in [6.45, 7) is 2.50. The molecule has 1 atom stereocenters. The number of ether oxygens (including phenoxy) is 1. The lowest BCUT2D eigenvalue weighted by molar-refractivity contribution is -0.151. The molecule has 2 saturated heterocycles. The van der Waals surface area contributed by atoms with E-state index in [0.717, 1.165) is 5.56 Å². The molecule has 8 heteroatoms. The summed E-state index contributed by atoms with van der Waals surface area (Å²) in [5, 5.41) is 0. The number of nitrogens with zero attached hydrogens (tertiary/aromatic N) is 3. The van der Waals surface area contributed by atoms with Gasteiger partial charge in [0, 0.05) is 46.3 Å². The number of halogens is 1. The lowest BCUT2D eigenvalue weighted by Gasteiger charge is -2.38. The van der Waals surface area contributed by atoms with E-state index in [4.69, 9.17) is 4.74 Å². The summed E-state index contributed by atoms with van der Waals surface area (Å²) in [6.07, 6.45) is 0.854. The van der Waals surface area contributed by atoms with Crippen LogP contribution >= 0.6 is 0 Å². The van der Waals surface area contributed by atoms with Crippen molar-refractivity contribution in [1.29, 1.82) is 0 Å². The highest BCUT2D eigenvalue weighted by Crippen LogP contribution is 2.21. The van der Waals surface area contributed by atoms with Crippen molar-refractivity contribution in [3.63, 3.8) is 0 Å². The first-order valence-electron chi connectivity index (χ1n) is 9.55. The van der Waals surface area contributed by atoms with Gasteiger partial charge in [-0.05, 0) is 24.1 Å². The van der Waals surface area contributed by atoms with Crippen LogP contribution in [0.4, 0.5) is 4.39 Å². The molecule has 2 fully saturated rings. The molecule has 0 N–H and O–H groups in total. The Balaban J connectivity index is 1.55. The Morgan fingerprint density at radius 1 is 1.21 bits per heavy atom. The van der Waals surface area contributed by atoms with Gasteiger partial charge in [0.2, 0.25) is 17.7 Å². The van der Waals surface area contributed by atoms with E-state index in [0.29, 0.717) is 52.2 Å². The molecule has 0 bridgehead atoms. The van der Waals surface area contributed by atoms with Crippen LogP contribution in [0.2, 0.25) is 0 Å². The molecule has 3 rings (SSSR count). The Morgan fingerprint density at radius 3 is 2.75 bits per heavy atom. The molecule has 0 aliphatic carbocycles. The molecule has 0 unspecified atom stereocenters. The highest BCUT2D eigenvalue weighted by atomic mass is 19.1. The summed E-state index contributed by atoms with van der Waals surface area (Å²) in [5.41, 5.74) is 0.729. The normalized spacial score (nSPS) is 20.6. The van der Waals surface area contributed by atoms with Crippen LogP contribution in [-0.2, 0) is 25.7 Å². The van der Waals surface area contributed by atoms with Crippen molar-refractivity contribution in [2.24, 2.45) is 5.92 Å². The molecule has 0 saturated carbocycles. The number of hydrogen-bond acceptors (Lipinski definition) is 4. The van der Waals surface area contributed by atoms with E-state index >= 15 is 0 Å². The van der Waals surface area contributed by atoms with Crippen LogP contribution in [0, 0.1) is 11.7 Å². The minimum Gasteiger partial charge on any atom is -0.383 e. The number of methoxy groups -OCH3 is 1. The van der Waals surface area contributed by atoms with E-state index in [1.165, 1.54) is 12.1 Å². The molecule has 1 aromatic rings.